The maximum Gasteiger partial charge on any atom is 0.245 e. The number of fused-ring (bicyclic) bond motifs is 1. The number of ether oxygens (including phenoxy) is 2. The molecule has 0 radical (unpaired) electrons. The van der Waals surface area contributed by atoms with E-state index < -0.39 is 0 Å². The van der Waals surface area contributed by atoms with E-state index in [4.69, 9.17) is 15.2 Å². The Balaban J connectivity index is 1.81. The molecule has 0 saturated carbocycles. The molecule has 0 aliphatic carbocycles. The average molecular weight is 235 g/mol. The number of imidazole rings is 1. The molecule has 1 aliphatic rings. The van der Waals surface area contributed by atoms with Gasteiger partial charge < -0.3 is 20.2 Å². The van der Waals surface area contributed by atoms with Crippen LogP contribution in [0.2, 0.25) is 0 Å². The molecule has 1 atom stereocenters. The normalized spacial score (nSPS) is 19.9. The largest absolute Gasteiger partial charge is 0.476 e. The smallest absolute Gasteiger partial charge is 0.245 e. The predicted octanol–water partition coefficient (Wildman–Crippen LogP) is 0.350. The number of nitrogens with zero attached hydrogens (tertiary/aromatic N) is 3. The van der Waals surface area contributed by atoms with Gasteiger partial charge >= 0.3 is 0 Å². The lowest BCUT2D eigenvalue weighted by molar-refractivity contribution is 0.166. The fraction of sp³-hybridized carbons (Fsp3) is 0.500. The molecule has 3 heterocycles. The summed E-state index contributed by atoms with van der Waals surface area (Å²) in [5.41, 5.74) is 6.79. The highest BCUT2D eigenvalue weighted by Crippen LogP contribution is 2.21. The molecule has 90 valence electrons. The van der Waals surface area contributed by atoms with Crippen LogP contribution in [0.5, 0.6) is 5.88 Å². The lowest BCUT2D eigenvalue weighted by Gasteiger charge is -2.09. The lowest BCUT2D eigenvalue weighted by atomic mass is 10.1. The maximum absolute atomic E-state index is 5.66. The predicted molar refractivity (Wildman–Crippen MR) is 60.5 cm³/mol. The minimum atomic E-state index is 0.169. The van der Waals surface area contributed by atoms with Gasteiger partial charge in [0.2, 0.25) is 11.8 Å². The second-order valence-corrected chi connectivity index (χ2v) is 4.03. The second-order valence-electron chi connectivity index (χ2n) is 4.03. The van der Waals surface area contributed by atoms with Crippen molar-refractivity contribution in [1.82, 2.24) is 19.9 Å². The van der Waals surface area contributed by atoms with Crippen molar-refractivity contribution in [1.29, 1.82) is 0 Å². The molecule has 1 saturated heterocycles. The fourth-order valence-electron chi connectivity index (χ4n) is 1.84. The summed E-state index contributed by atoms with van der Waals surface area (Å²) < 4.78 is 10.9. The molecule has 2 aromatic heterocycles. The summed E-state index contributed by atoms with van der Waals surface area (Å²) in [5.74, 6) is 1.04. The van der Waals surface area contributed by atoms with Crippen LogP contribution in [-0.2, 0) is 4.74 Å². The Hall–Kier alpha value is -1.89. The number of hydrogen-bond acceptors (Lipinski definition) is 6. The molecule has 2 aromatic rings. The third kappa shape index (κ3) is 2.01. The summed E-state index contributed by atoms with van der Waals surface area (Å²) in [6.07, 6.45) is 2.57. The number of nitrogens with two attached hydrogens (primary N) is 1. The third-order valence-electron chi connectivity index (χ3n) is 2.75. The molecular weight excluding hydrogens is 222 g/mol. The Bertz CT molecular complexity index is 520. The first-order chi connectivity index (χ1) is 8.33. The highest BCUT2D eigenvalue weighted by atomic mass is 16.5. The molecule has 0 aromatic carbocycles. The molecule has 0 spiro atoms. The van der Waals surface area contributed by atoms with Gasteiger partial charge in [-0.05, 0) is 6.42 Å². The zero-order valence-electron chi connectivity index (χ0n) is 9.22. The molecule has 1 unspecified atom stereocenters. The van der Waals surface area contributed by atoms with Crippen molar-refractivity contribution in [3.63, 3.8) is 0 Å². The number of rotatable bonds is 3. The van der Waals surface area contributed by atoms with Crippen LogP contribution >= 0.6 is 0 Å². The van der Waals surface area contributed by atoms with Gasteiger partial charge in [0, 0.05) is 12.5 Å². The van der Waals surface area contributed by atoms with Crippen molar-refractivity contribution >= 4 is 17.1 Å². The third-order valence-corrected chi connectivity index (χ3v) is 2.75. The molecule has 3 N–H and O–H groups in total. The van der Waals surface area contributed by atoms with Crippen molar-refractivity contribution in [3.05, 3.63) is 6.33 Å². The quantitative estimate of drug-likeness (QED) is 0.796. The van der Waals surface area contributed by atoms with E-state index in [2.05, 4.69) is 19.9 Å². The van der Waals surface area contributed by atoms with E-state index in [9.17, 15) is 0 Å². The highest BCUT2D eigenvalue weighted by Gasteiger charge is 2.18. The molecule has 1 fully saturated rings. The van der Waals surface area contributed by atoms with Gasteiger partial charge in [0.05, 0.1) is 19.5 Å². The van der Waals surface area contributed by atoms with Crippen molar-refractivity contribution in [2.24, 2.45) is 5.92 Å². The van der Waals surface area contributed by atoms with Gasteiger partial charge in [0.25, 0.3) is 0 Å². The van der Waals surface area contributed by atoms with Crippen molar-refractivity contribution < 1.29 is 9.47 Å². The van der Waals surface area contributed by atoms with Crippen LogP contribution in [0, 0.1) is 5.92 Å². The van der Waals surface area contributed by atoms with Gasteiger partial charge in [0.15, 0.2) is 5.65 Å². The highest BCUT2D eigenvalue weighted by molar-refractivity contribution is 5.76. The number of hydrogen-bond donors (Lipinski definition) is 2. The van der Waals surface area contributed by atoms with Gasteiger partial charge in [-0.15, -0.1) is 0 Å². The zero-order chi connectivity index (χ0) is 11.7. The minimum absolute atomic E-state index is 0.169. The first-order valence-electron chi connectivity index (χ1n) is 5.50. The molecule has 7 nitrogen and oxygen atoms in total. The fourth-order valence-corrected chi connectivity index (χ4v) is 1.84. The number of aromatic amines is 1. The van der Waals surface area contributed by atoms with Crippen molar-refractivity contribution in [2.75, 3.05) is 25.6 Å². The molecule has 3 rings (SSSR count). The summed E-state index contributed by atoms with van der Waals surface area (Å²) >= 11 is 0. The average Bonchev–Trinajstić information content (AvgIpc) is 2.95. The van der Waals surface area contributed by atoms with Crippen LogP contribution in [-0.4, -0.2) is 39.8 Å². The van der Waals surface area contributed by atoms with Gasteiger partial charge in [-0.1, -0.05) is 0 Å². The number of H-pyrrole nitrogens is 1. The topological polar surface area (TPSA) is 98.9 Å². The number of nitrogens with one attached hydrogen (secondary N) is 1. The molecule has 0 bridgehead atoms. The molecule has 1 aliphatic heterocycles. The summed E-state index contributed by atoms with van der Waals surface area (Å²) in [6.45, 7) is 2.12. The SMILES string of the molecule is Nc1nc(OCC2CCOC2)c2[nH]cnc2n1. The standard InChI is InChI=1S/C10H13N5O2/c11-10-14-8-7(12-5-13-8)9(15-10)17-4-6-1-2-16-3-6/h5-6H,1-4H2,(H3,11,12,13,14,15). The lowest BCUT2D eigenvalue weighted by Crippen LogP contribution is -2.13. The Morgan fingerprint density at radius 2 is 2.47 bits per heavy atom. The monoisotopic (exact) mass is 235 g/mol. The van der Waals surface area contributed by atoms with E-state index in [-0.39, 0.29) is 5.95 Å². The first-order valence-corrected chi connectivity index (χ1v) is 5.50. The summed E-state index contributed by atoms with van der Waals surface area (Å²) in [7, 11) is 0. The number of nitrogen functional groups attached to an aromatic ring is 1. The van der Waals surface area contributed by atoms with Crippen LogP contribution in [0.15, 0.2) is 6.33 Å². The Morgan fingerprint density at radius 3 is 3.29 bits per heavy atom. The van der Waals surface area contributed by atoms with Gasteiger partial charge in [-0.25, -0.2) is 4.98 Å². The van der Waals surface area contributed by atoms with Gasteiger partial charge in [-0.3, -0.25) is 0 Å². The Labute approximate surface area is 97.4 Å². The Morgan fingerprint density at radius 1 is 1.53 bits per heavy atom. The van der Waals surface area contributed by atoms with E-state index in [0.717, 1.165) is 19.6 Å². The number of anilines is 1. The molecule has 0 amide bonds. The molecular formula is C10H13N5O2. The van der Waals surface area contributed by atoms with Crippen LogP contribution in [0.25, 0.3) is 11.2 Å². The van der Waals surface area contributed by atoms with Crippen molar-refractivity contribution in [2.45, 2.75) is 6.42 Å². The Kier molecular flexibility index (Phi) is 2.52. The molecule has 7 heteroatoms. The van der Waals surface area contributed by atoms with E-state index in [1.54, 1.807) is 6.33 Å². The summed E-state index contributed by atoms with van der Waals surface area (Å²) in [6, 6.07) is 0. The summed E-state index contributed by atoms with van der Waals surface area (Å²) in [5, 5.41) is 0. The van der Waals surface area contributed by atoms with E-state index in [0.29, 0.717) is 29.6 Å². The number of aromatic nitrogens is 4. The van der Waals surface area contributed by atoms with E-state index in [1.807, 2.05) is 0 Å². The zero-order valence-corrected chi connectivity index (χ0v) is 9.22. The molecule has 17 heavy (non-hydrogen) atoms. The van der Waals surface area contributed by atoms with E-state index in [1.165, 1.54) is 0 Å². The van der Waals surface area contributed by atoms with Gasteiger partial charge in [0.1, 0.15) is 5.52 Å². The maximum atomic E-state index is 5.66. The van der Waals surface area contributed by atoms with Crippen LogP contribution in [0.1, 0.15) is 6.42 Å². The van der Waals surface area contributed by atoms with Crippen LogP contribution in [0.4, 0.5) is 5.95 Å². The van der Waals surface area contributed by atoms with Crippen LogP contribution < -0.4 is 10.5 Å². The first kappa shape index (κ1) is 10.3. The van der Waals surface area contributed by atoms with Crippen molar-refractivity contribution in [3.8, 4) is 5.88 Å². The minimum Gasteiger partial charge on any atom is -0.476 e. The van der Waals surface area contributed by atoms with E-state index >= 15 is 0 Å². The second kappa shape index (κ2) is 4.17. The summed E-state index contributed by atoms with van der Waals surface area (Å²) in [4.78, 5) is 15.0. The van der Waals surface area contributed by atoms with Crippen LogP contribution in [0.3, 0.4) is 0 Å². The van der Waals surface area contributed by atoms with Gasteiger partial charge in [-0.2, -0.15) is 9.97 Å².